The number of hydrogen-bond donors (Lipinski definition) is 0. The lowest BCUT2D eigenvalue weighted by atomic mass is 10.1. The Balaban J connectivity index is 2.93. The van der Waals surface area contributed by atoms with Crippen LogP contribution in [0.25, 0.3) is 0 Å². The van der Waals surface area contributed by atoms with Gasteiger partial charge in [-0.1, -0.05) is 0 Å². The van der Waals surface area contributed by atoms with Gasteiger partial charge in [-0.2, -0.15) is 0 Å². The van der Waals surface area contributed by atoms with Crippen LogP contribution in [0.1, 0.15) is 26.3 Å². The van der Waals surface area contributed by atoms with E-state index in [1.54, 1.807) is 0 Å². The molecule has 0 unspecified atom stereocenters. The van der Waals surface area contributed by atoms with Gasteiger partial charge in [0.1, 0.15) is 11.6 Å². The van der Waals surface area contributed by atoms with Gasteiger partial charge >= 0.3 is 0 Å². The van der Waals surface area contributed by atoms with Crippen LogP contribution >= 0.6 is 0 Å². The summed E-state index contributed by atoms with van der Waals surface area (Å²) in [5.74, 6) is -1.16. The predicted molar refractivity (Wildman–Crippen MR) is 53.7 cm³/mol. The largest absolute Gasteiger partial charge is 0.287 e. The Bertz CT molecular complexity index is 351. The van der Waals surface area contributed by atoms with Crippen molar-refractivity contribution in [3.8, 4) is 0 Å². The van der Waals surface area contributed by atoms with Crippen molar-refractivity contribution in [1.29, 1.82) is 0 Å². The van der Waals surface area contributed by atoms with Gasteiger partial charge < -0.3 is 0 Å². The quantitative estimate of drug-likeness (QED) is 0.613. The lowest BCUT2D eigenvalue weighted by Gasteiger charge is -2.10. The zero-order valence-corrected chi connectivity index (χ0v) is 8.51. The van der Waals surface area contributed by atoms with E-state index in [9.17, 15) is 8.78 Å². The molecule has 0 N–H and O–H groups in total. The fourth-order valence-corrected chi connectivity index (χ4v) is 0.869. The molecule has 0 heterocycles. The van der Waals surface area contributed by atoms with E-state index in [0.29, 0.717) is 5.56 Å². The van der Waals surface area contributed by atoms with Crippen molar-refractivity contribution in [3.05, 3.63) is 35.4 Å². The molecule has 0 saturated heterocycles. The molecule has 0 aliphatic heterocycles. The van der Waals surface area contributed by atoms with E-state index in [-0.39, 0.29) is 5.54 Å². The standard InChI is InChI=1S/C11H13F2N/c1-11(2,3)14-7-8-4-5-9(12)6-10(8)13/h4-7H,1-3H3/b14-7+. The molecule has 1 aromatic rings. The van der Waals surface area contributed by atoms with E-state index in [2.05, 4.69) is 4.99 Å². The highest BCUT2D eigenvalue weighted by molar-refractivity contribution is 5.80. The van der Waals surface area contributed by atoms with E-state index in [4.69, 9.17) is 0 Å². The molecular weight excluding hydrogens is 184 g/mol. The van der Waals surface area contributed by atoms with Crippen LogP contribution in [0.4, 0.5) is 8.78 Å². The van der Waals surface area contributed by atoms with Crippen LogP contribution in [-0.2, 0) is 0 Å². The number of rotatable bonds is 1. The van der Waals surface area contributed by atoms with Crippen LogP contribution in [0.2, 0.25) is 0 Å². The van der Waals surface area contributed by atoms with Gasteiger partial charge in [-0.25, -0.2) is 8.78 Å². The van der Waals surface area contributed by atoms with Crippen molar-refractivity contribution in [2.45, 2.75) is 26.3 Å². The van der Waals surface area contributed by atoms with Crippen molar-refractivity contribution in [3.63, 3.8) is 0 Å². The molecule has 3 heteroatoms. The van der Waals surface area contributed by atoms with E-state index in [1.165, 1.54) is 18.3 Å². The topological polar surface area (TPSA) is 12.4 Å². The molecular formula is C11H13F2N. The summed E-state index contributed by atoms with van der Waals surface area (Å²) < 4.78 is 25.6. The Morgan fingerprint density at radius 2 is 1.86 bits per heavy atom. The zero-order valence-electron chi connectivity index (χ0n) is 8.51. The minimum atomic E-state index is -0.585. The third kappa shape index (κ3) is 3.24. The van der Waals surface area contributed by atoms with Crippen molar-refractivity contribution in [2.75, 3.05) is 0 Å². The monoisotopic (exact) mass is 197 g/mol. The number of benzene rings is 1. The van der Waals surface area contributed by atoms with Gasteiger partial charge in [-0.05, 0) is 32.9 Å². The maximum Gasteiger partial charge on any atom is 0.134 e. The lowest BCUT2D eigenvalue weighted by Crippen LogP contribution is -2.09. The highest BCUT2D eigenvalue weighted by Crippen LogP contribution is 2.10. The molecule has 1 aromatic carbocycles. The van der Waals surface area contributed by atoms with Crippen molar-refractivity contribution >= 4 is 6.21 Å². The zero-order chi connectivity index (χ0) is 10.8. The second-order valence-electron chi connectivity index (χ2n) is 4.09. The Morgan fingerprint density at radius 1 is 1.21 bits per heavy atom. The van der Waals surface area contributed by atoms with E-state index in [0.717, 1.165) is 6.07 Å². The fourth-order valence-electron chi connectivity index (χ4n) is 0.869. The van der Waals surface area contributed by atoms with E-state index in [1.807, 2.05) is 20.8 Å². The van der Waals surface area contributed by atoms with Crippen molar-refractivity contribution in [2.24, 2.45) is 4.99 Å². The Labute approximate surface area is 82.5 Å². The van der Waals surface area contributed by atoms with Gasteiger partial charge in [-0.15, -0.1) is 0 Å². The summed E-state index contributed by atoms with van der Waals surface area (Å²) in [6, 6.07) is 3.44. The molecule has 0 spiro atoms. The summed E-state index contributed by atoms with van der Waals surface area (Å²) >= 11 is 0. The van der Waals surface area contributed by atoms with E-state index < -0.39 is 11.6 Å². The number of nitrogens with zero attached hydrogens (tertiary/aromatic N) is 1. The summed E-state index contributed by atoms with van der Waals surface area (Å²) in [5, 5.41) is 0. The first-order valence-electron chi connectivity index (χ1n) is 4.39. The third-order valence-electron chi connectivity index (χ3n) is 1.55. The summed E-state index contributed by atoms with van der Waals surface area (Å²) in [5.41, 5.74) is 0.0576. The highest BCUT2D eigenvalue weighted by Gasteiger charge is 2.06. The molecule has 0 fully saturated rings. The molecule has 0 amide bonds. The molecule has 0 atom stereocenters. The van der Waals surface area contributed by atoms with Crippen LogP contribution in [-0.4, -0.2) is 11.8 Å². The molecule has 1 nitrogen and oxygen atoms in total. The predicted octanol–water partition coefficient (Wildman–Crippen LogP) is 3.18. The summed E-state index contributed by atoms with van der Waals surface area (Å²) in [6.07, 6.45) is 1.43. The Kier molecular flexibility index (Phi) is 2.99. The minimum Gasteiger partial charge on any atom is -0.287 e. The van der Waals surface area contributed by atoms with Crippen LogP contribution in [0, 0.1) is 11.6 Å². The normalized spacial score (nSPS) is 12.4. The first kappa shape index (κ1) is 10.8. The third-order valence-corrected chi connectivity index (χ3v) is 1.55. The van der Waals surface area contributed by atoms with Gasteiger partial charge in [0.15, 0.2) is 0 Å². The van der Waals surface area contributed by atoms with Crippen LogP contribution in [0.5, 0.6) is 0 Å². The number of aliphatic imine (C=N–C) groups is 1. The average Bonchev–Trinajstić information content (AvgIpc) is 2.00. The number of halogens is 2. The summed E-state index contributed by atoms with van der Waals surface area (Å²) in [6.45, 7) is 5.72. The molecule has 0 saturated carbocycles. The summed E-state index contributed by atoms with van der Waals surface area (Å²) in [7, 11) is 0. The maximum absolute atomic E-state index is 13.1. The SMILES string of the molecule is CC(C)(C)/N=C/c1ccc(F)cc1F. The Morgan fingerprint density at radius 3 is 2.36 bits per heavy atom. The summed E-state index contributed by atoms with van der Waals surface area (Å²) in [4.78, 5) is 4.13. The minimum absolute atomic E-state index is 0.249. The van der Waals surface area contributed by atoms with Gasteiger partial charge in [0.2, 0.25) is 0 Å². The van der Waals surface area contributed by atoms with Crippen LogP contribution in [0.3, 0.4) is 0 Å². The molecule has 0 aromatic heterocycles. The second-order valence-corrected chi connectivity index (χ2v) is 4.09. The molecule has 0 aliphatic carbocycles. The molecule has 0 bridgehead atoms. The fraction of sp³-hybridized carbons (Fsp3) is 0.364. The average molecular weight is 197 g/mol. The van der Waals surface area contributed by atoms with Gasteiger partial charge in [0.25, 0.3) is 0 Å². The lowest BCUT2D eigenvalue weighted by molar-refractivity contribution is 0.577. The first-order chi connectivity index (χ1) is 6.38. The van der Waals surface area contributed by atoms with E-state index >= 15 is 0 Å². The van der Waals surface area contributed by atoms with Gasteiger partial charge in [0.05, 0.1) is 5.54 Å². The highest BCUT2D eigenvalue weighted by atomic mass is 19.1. The molecule has 0 aliphatic rings. The second kappa shape index (κ2) is 3.86. The van der Waals surface area contributed by atoms with Crippen molar-refractivity contribution < 1.29 is 8.78 Å². The smallest absolute Gasteiger partial charge is 0.134 e. The Hall–Kier alpha value is -1.25. The first-order valence-corrected chi connectivity index (χ1v) is 4.39. The van der Waals surface area contributed by atoms with Crippen LogP contribution < -0.4 is 0 Å². The molecule has 76 valence electrons. The maximum atomic E-state index is 13.1. The van der Waals surface area contributed by atoms with Gasteiger partial charge in [-0.3, -0.25) is 4.99 Å². The molecule has 14 heavy (non-hydrogen) atoms. The van der Waals surface area contributed by atoms with Crippen LogP contribution in [0.15, 0.2) is 23.2 Å². The number of hydrogen-bond acceptors (Lipinski definition) is 1. The molecule has 1 rings (SSSR count). The molecule has 0 radical (unpaired) electrons. The van der Waals surface area contributed by atoms with Crippen molar-refractivity contribution in [1.82, 2.24) is 0 Å². The van der Waals surface area contributed by atoms with Gasteiger partial charge in [0, 0.05) is 17.8 Å².